The molecule has 1 aliphatic rings. The largest absolute Gasteiger partial charge is 0.417 e. The van der Waals surface area contributed by atoms with Crippen molar-refractivity contribution in [1.82, 2.24) is 19.9 Å². The first-order valence-corrected chi connectivity index (χ1v) is 7.80. The van der Waals surface area contributed by atoms with Gasteiger partial charge in [-0.25, -0.2) is 9.97 Å². The van der Waals surface area contributed by atoms with E-state index in [9.17, 15) is 13.6 Å². The average Bonchev–Trinajstić information content (AvgIpc) is 3.08. The summed E-state index contributed by atoms with van der Waals surface area (Å²) in [5, 5.41) is 0. The number of nitrogens with one attached hydrogen (secondary N) is 1. The molecule has 0 saturated carbocycles. The molecule has 3 heterocycles. The van der Waals surface area contributed by atoms with Gasteiger partial charge < -0.3 is 14.6 Å². The highest BCUT2D eigenvalue weighted by molar-refractivity contribution is 5.94. The van der Waals surface area contributed by atoms with Crippen molar-refractivity contribution in [3.63, 3.8) is 0 Å². The molecule has 0 atom stereocenters. The predicted octanol–water partition coefficient (Wildman–Crippen LogP) is 2.50. The Morgan fingerprint density at radius 2 is 2.12 bits per heavy atom. The van der Waals surface area contributed by atoms with Gasteiger partial charge in [-0.1, -0.05) is 0 Å². The van der Waals surface area contributed by atoms with E-state index in [2.05, 4.69) is 19.7 Å². The highest BCUT2D eigenvalue weighted by Gasteiger charge is 2.24. The zero-order chi connectivity index (χ0) is 16.9. The highest BCUT2D eigenvalue weighted by atomic mass is 19.3. The molecule has 8 heteroatoms. The number of alkyl halides is 2. The maximum absolute atomic E-state index is 12.4. The van der Waals surface area contributed by atoms with Crippen LogP contribution in [0.15, 0.2) is 30.7 Å². The molecule has 0 aliphatic carbocycles. The van der Waals surface area contributed by atoms with Gasteiger partial charge in [0.15, 0.2) is 0 Å². The van der Waals surface area contributed by atoms with Crippen LogP contribution >= 0.6 is 0 Å². The third kappa shape index (κ3) is 4.06. The Bertz CT molecular complexity index is 653. The number of halogens is 2. The van der Waals surface area contributed by atoms with Crippen LogP contribution in [-0.4, -0.2) is 45.5 Å². The lowest BCUT2D eigenvalue weighted by molar-refractivity contribution is -0.0528. The number of piperidine rings is 1. The van der Waals surface area contributed by atoms with Crippen molar-refractivity contribution < 1.29 is 18.3 Å². The zero-order valence-electron chi connectivity index (χ0n) is 13.0. The predicted molar refractivity (Wildman–Crippen MR) is 81.8 cm³/mol. The number of pyridine rings is 1. The second kappa shape index (κ2) is 7.37. The van der Waals surface area contributed by atoms with E-state index in [1.807, 2.05) is 6.20 Å². The van der Waals surface area contributed by atoms with E-state index < -0.39 is 6.61 Å². The summed E-state index contributed by atoms with van der Waals surface area (Å²) in [6, 6.07) is 2.74. The van der Waals surface area contributed by atoms with E-state index in [4.69, 9.17) is 0 Å². The van der Waals surface area contributed by atoms with Gasteiger partial charge >= 0.3 is 6.61 Å². The summed E-state index contributed by atoms with van der Waals surface area (Å²) in [5.74, 6) is 1.14. The van der Waals surface area contributed by atoms with Gasteiger partial charge in [-0.05, 0) is 24.8 Å². The summed E-state index contributed by atoms with van der Waals surface area (Å²) in [7, 11) is 0. The Hall–Kier alpha value is -2.51. The standard InChI is InChI=1S/C16H18F2N4O2/c17-16(18)24-14-2-1-12(10-21-14)15(23)22-7-3-11(4-8-22)9-13-19-5-6-20-13/h1-2,5-6,10-11,16H,3-4,7-9H2,(H,19,20). The molecule has 3 rings (SSSR count). The number of carbonyl (C=O) groups is 1. The number of hydrogen-bond donors (Lipinski definition) is 1. The number of imidazole rings is 1. The quantitative estimate of drug-likeness (QED) is 0.911. The summed E-state index contributed by atoms with van der Waals surface area (Å²) >= 11 is 0. The summed E-state index contributed by atoms with van der Waals surface area (Å²) in [4.78, 5) is 25.3. The Labute approximate surface area is 137 Å². The molecule has 2 aromatic rings. The molecule has 1 aliphatic heterocycles. The molecule has 0 bridgehead atoms. The van der Waals surface area contributed by atoms with Crippen molar-refractivity contribution in [3.05, 3.63) is 42.1 Å². The summed E-state index contributed by atoms with van der Waals surface area (Å²) < 4.78 is 28.4. The van der Waals surface area contributed by atoms with E-state index in [0.29, 0.717) is 24.6 Å². The smallest absolute Gasteiger partial charge is 0.388 e. The molecule has 1 amide bonds. The molecule has 6 nitrogen and oxygen atoms in total. The second-order valence-electron chi connectivity index (χ2n) is 5.74. The topological polar surface area (TPSA) is 71.1 Å². The van der Waals surface area contributed by atoms with Crippen molar-refractivity contribution >= 4 is 5.91 Å². The molecule has 1 fully saturated rings. The lowest BCUT2D eigenvalue weighted by Gasteiger charge is -2.31. The highest BCUT2D eigenvalue weighted by Crippen LogP contribution is 2.22. The minimum absolute atomic E-state index is 0.137. The summed E-state index contributed by atoms with van der Waals surface area (Å²) in [6.07, 6.45) is 7.52. The first kappa shape index (κ1) is 16.4. The Morgan fingerprint density at radius 1 is 1.33 bits per heavy atom. The lowest BCUT2D eigenvalue weighted by atomic mass is 9.93. The van der Waals surface area contributed by atoms with Crippen molar-refractivity contribution in [3.8, 4) is 5.88 Å². The molecule has 128 valence electrons. The summed E-state index contributed by atoms with van der Waals surface area (Å²) in [6.45, 7) is -1.59. The first-order chi connectivity index (χ1) is 11.6. The molecule has 0 aromatic carbocycles. The van der Waals surface area contributed by atoms with Gasteiger partial charge in [0.2, 0.25) is 5.88 Å². The average molecular weight is 336 g/mol. The van der Waals surface area contributed by atoms with E-state index in [1.54, 1.807) is 11.1 Å². The van der Waals surface area contributed by atoms with Crippen LogP contribution in [0, 0.1) is 5.92 Å². The molecule has 1 saturated heterocycles. The SMILES string of the molecule is O=C(c1ccc(OC(F)F)nc1)N1CCC(Cc2ncc[nH]2)CC1. The number of aromatic nitrogens is 3. The Morgan fingerprint density at radius 3 is 2.71 bits per heavy atom. The number of nitrogens with zero attached hydrogens (tertiary/aromatic N) is 3. The number of rotatable bonds is 5. The molecule has 0 unspecified atom stereocenters. The molecule has 0 spiro atoms. The Kier molecular flexibility index (Phi) is 5.02. The molecule has 24 heavy (non-hydrogen) atoms. The van der Waals surface area contributed by atoms with Crippen molar-refractivity contribution in [2.24, 2.45) is 5.92 Å². The molecular weight excluding hydrogens is 318 g/mol. The van der Waals surface area contributed by atoms with Crippen LogP contribution in [0.1, 0.15) is 29.0 Å². The molecule has 0 radical (unpaired) electrons. The number of likely N-dealkylation sites (tertiary alicyclic amines) is 1. The normalized spacial score (nSPS) is 15.7. The van der Waals surface area contributed by atoms with E-state index in [0.717, 1.165) is 25.1 Å². The minimum Gasteiger partial charge on any atom is -0.417 e. The number of carbonyl (C=O) groups excluding carboxylic acids is 1. The van der Waals surface area contributed by atoms with Gasteiger partial charge in [0.1, 0.15) is 5.82 Å². The fraction of sp³-hybridized carbons (Fsp3) is 0.438. The first-order valence-electron chi connectivity index (χ1n) is 7.80. The van der Waals surface area contributed by atoms with Crippen LogP contribution < -0.4 is 4.74 Å². The van der Waals surface area contributed by atoms with Gasteiger partial charge in [-0.3, -0.25) is 4.79 Å². The van der Waals surface area contributed by atoms with Crippen LogP contribution in [-0.2, 0) is 6.42 Å². The number of hydrogen-bond acceptors (Lipinski definition) is 4. The maximum atomic E-state index is 12.4. The lowest BCUT2D eigenvalue weighted by Crippen LogP contribution is -2.39. The Balaban J connectivity index is 1.53. The number of ether oxygens (including phenoxy) is 1. The van der Waals surface area contributed by atoms with Gasteiger partial charge in [-0.15, -0.1) is 0 Å². The van der Waals surface area contributed by atoms with Crippen LogP contribution in [0.3, 0.4) is 0 Å². The fourth-order valence-corrected chi connectivity index (χ4v) is 2.87. The van der Waals surface area contributed by atoms with E-state index in [-0.39, 0.29) is 11.8 Å². The minimum atomic E-state index is -2.92. The van der Waals surface area contributed by atoms with Crippen LogP contribution in [0.4, 0.5) is 8.78 Å². The fourth-order valence-electron chi connectivity index (χ4n) is 2.87. The van der Waals surface area contributed by atoms with Crippen molar-refractivity contribution in [2.75, 3.05) is 13.1 Å². The van der Waals surface area contributed by atoms with E-state index >= 15 is 0 Å². The van der Waals surface area contributed by atoms with Crippen LogP contribution in [0.5, 0.6) is 5.88 Å². The van der Waals surface area contributed by atoms with Gasteiger partial charge in [-0.2, -0.15) is 8.78 Å². The molecule has 2 aromatic heterocycles. The van der Waals surface area contributed by atoms with Gasteiger partial charge in [0, 0.05) is 44.2 Å². The van der Waals surface area contributed by atoms with E-state index in [1.165, 1.54) is 18.3 Å². The molecular formula is C16H18F2N4O2. The van der Waals surface area contributed by atoms with Crippen molar-refractivity contribution in [2.45, 2.75) is 25.9 Å². The maximum Gasteiger partial charge on any atom is 0.388 e. The molecule has 1 N–H and O–H groups in total. The van der Waals surface area contributed by atoms with Crippen LogP contribution in [0.2, 0.25) is 0 Å². The van der Waals surface area contributed by atoms with Gasteiger partial charge in [0.25, 0.3) is 5.91 Å². The third-order valence-corrected chi connectivity index (χ3v) is 4.13. The third-order valence-electron chi connectivity index (χ3n) is 4.13. The van der Waals surface area contributed by atoms with Crippen molar-refractivity contribution in [1.29, 1.82) is 0 Å². The number of amides is 1. The van der Waals surface area contributed by atoms with Crippen LogP contribution in [0.25, 0.3) is 0 Å². The zero-order valence-corrected chi connectivity index (χ0v) is 13.0. The number of H-pyrrole nitrogens is 1. The summed E-state index contributed by atoms with van der Waals surface area (Å²) in [5.41, 5.74) is 0.376. The monoisotopic (exact) mass is 336 g/mol. The van der Waals surface area contributed by atoms with Gasteiger partial charge in [0.05, 0.1) is 5.56 Å². The number of aromatic amines is 1. The second-order valence-corrected chi connectivity index (χ2v) is 5.74.